The molecule has 7 heteroatoms. The molecule has 1 aromatic carbocycles. The third-order valence-corrected chi connectivity index (χ3v) is 3.40. The van der Waals surface area contributed by atoms with Crippen LogP contribution in [0.3, 0.4) is 0 Å². The highest BCUT2D eigenvalue weighted by atomic mass is 19.2. The highest BCUT2D eigenvalue weighted by molar-refractivity contribution is 5.94. The number of amides is 1. The molecule has 1 aliphatic carbocycles. The SMILES string of the molecule is O=C(NC1CCCC1C(=O)O)c1cc(F)c(F)c(F)c1. The zero-order chi connectivity index (χ0) is 14.9. The van der Waals surface area contributed by atoms with Crippen molar-refractivity contribution in [3.05, 3.63) is 35.1 Å². The van der Waals surface area contributed by atoms with Crippen LogP contribution in [0.4, 0.5) is 13.2 Å². The van der Waals surface area contributed by atoms with Crippen molar-refractivity contribution < 1.29 is 27.9 Å². The first-order chi connectivity index (χ1) is 9.40. The lowest BCUT2D eigenvalue weighted by Crippen LogP contribution is -2.40. The number of hydrogen-bond donors (Lipinski definition) is 2. The average molecular weight is 287 g/mol. The molecule has 0 radical (unpaired) electrons. The number of carbonyl (C=O) groups is 2. The fraction of sp³-hybridized carbons (Fsp3) is 0.385. The van der Waals surface area contributed by atoms with Crippen LogP contribution in [0.1, 0.15) is 29.6 Å². The minimum atomic E-state index is -1.65. The lowest BCUT2D eigenvalue weighted by molar-refractivity contribution is -0.142. The van der Waals surface area contributed by atoms with Gasteiger partial charge in [0.25, 0.3) is 5.91 Å². The molecule has 4 nitrogen and oxygen atoms in total. The van der Waals surface area contributed by atoms with E-state index in [-0.39, 0.29) is 5.56 Å². The predicted molar refractivity (Wildman–Crippen MR) is 62.5 cm³/mol. The summed E-state index contributed by atoms with van der Waals surface area (Å²) in [6.07, 6.45) is 1.56. The molecule has 1 aliphatic rings. The van der Waals surface area contributed by atoms with Gasteiger partial charge in [-0.15, -0.1) is 0 Å². The van der Waals surface area contributed by atoms with Crippen LogP contribution in [0.15, 0.2) is 12.1 Å². The number of nitrogens with one attached hydrogen (secondary N) is 1. The van der Waals surface area contributed by atoms with E-state index in [0.29, 0.717) is 31.4 Å². The van der Waals surface area contributed by atoms with Crippen molar-refractivity contribution in [2.75, 3.05) is 0 Å². The minimum Gasteiger partial charge on any atom is -0.481 e. The topological polar surface area (TPSA) is 66.4 Å². The molecule has 20 heavy (non-hydrogen) atoms. The smallest absolute Gasteiger partial charge is 0.308 e. The fourth-order valence-corrected chi connectivity index (χ4v) is 2.37. The Morgan fingerprint density at radius 3 is 2.30 bits per heavy atom. The molecular formula is C13H12F3NO3. The molecule has 1 aromatic rings. The summed E-state index contributed by atoms with van der Waals surface area (Å²) in [7, 11) is 0. The fourth-order valence-electron chi connectivity index (χ4n) is 2.37. The van der Waals surface area contributed by atoms with Gasteiger partial charge in [-0.2, -0.15) is 0 Å². The first-order valence-electron chi connectivity index (χ1n) is 6.08. The Morgan fingerprint density at radius 2 is 1.75 bits per heavy atom. The van der Waals surface area contributed by atoms with E-state index in [2.05, 4.69) is 5.32 Å². The van der Waals surface area contributed by atoms with Crippen LogP contribution < -0.4 is 5.32 Å². The van der Waals surface area contributed by atoms with Gasteiger partial charge in [0.05, 0.1) is 5.92 Å². The van der Waals surface area contributed by atoms with E-state index in [0.717, 1.165) is 0 Å². The lowest BCUT2D eigenvalue weighted by atomic mass is 10.0. The molecular weight excluding hydrogens is 275 g/mol. The van der Waals surface area contributed by atoms with Gasteiger partial charge in [0, 0.05) is 11.6 Å². The summed E-state index contributed by atoms with van der Waals surface area (Å²) in [4.78, 5) is 22.8. The van der Waals surface area contributed by atoms with Gasteiger partial charge in [-0.05, 0) is 25.0 Å². The largest absolute Gasteiger partial charge is 0.481 e. The Kier molecular flexibility index (Phi) is 3.96. The Labute approximate surface area is 112 Å². The maximum absolute atomic E-state index is 13.0. The number of benzene rings is 1. The summed E-state index contributed by atoms with van der Waals surface area (Å²) >= 11 is 0. The zero-order valence-corrected chi connectivity index (χ0v) is 10.3. The molecule has 1 saturated carbocycles. The van der Waals surface area contributed by atoms with E-state index in [1.54, 1.807) is 0 Å². The number of carbonyl (C=O) groups excluding carboxylic acids is 1. The van der Waals surface area contributed by atoms with Crippen molar-refractivity contribution in [2.24, 2.45) is 5.92 Å². The summed E-state index contributed by atoms with van der Waals surface area (Å²) in [5, 5.41) is 11.4. The number of carboxylic acids is 1. The predicted octanol–water partition coefficient (Wildman–Crippen LogP) is 2.09. The van der Waals surface area contributed by atoms with Gasteiger partial charge in [-0.3, -0.25) is 9.59 Å². The normalized spacial score (nSPS) is 21.8. The number of carboxylic acid groups (broad SMARTS) is 1. The maximum atomic E-state index is 13.0. The molecule has 0 spiro atoms. The average Bonchev–Trinajstić information content (AvgIpc) is 2.83. The van der Waals surface area contributed by atoms with Crippen LogP contribution in [0.25, 0.3) is 0 Å². The first kappa shape index (κ1) is 14.4. The number of halogens is 3. The van der Waals surface area contributed by atoms with E-state index in [9.17, 15) is 22.8 Å². The van der Waals surface area contributed by atoms with Crippen molar-refractivity contribution in [1.82, 2.24) is 5.32 Å². The molecule has 2 N–H and O–H groups in total. The van der Waals surface area contributed by atoms with E-state index >= 15 is 0 Å². The maximum Gasteiger partial charge on any atom is 0.308 e. The van der Waals surface area contributed by atoms with Gasteiger partial charge in [0.1, 0.15) is 0 Å². The third-order valence-electron chi connectivity index (χ3n) is 3.40. The molecule has 1 amide bonds. The van der Waals surface area contributed by atoms with Crippen molar-refractivity contribution >= 4 is 11.9 Å². The van der Waals surface area contributed by atoms with Crippen LogP contribution in [-0.2, 0) is 4.79 Å². The molecule has 2 rings (SSSR count). The number of hydrogen-bond acceptors (Lipinski definition) is 2. The monoisotopic (exact) mass is 287 g/mol. The lowest BCUT2D eigenvalue weighted by Gasteiger charge is -2.17. The Balaban J connectivity index is 2.14. The quantitative estimate of drug-likeness (QED) is 0.836. The van der Waals surface area contributed by atoms with Gasteiger partial charge >= 0.3 is 5.97 Å². The summed E-state index contributed by atoms with van der Waals surface area (Å²) < 4.78 is 38.8. The van der Waals surface area contributed by atoms with Crippen LogP contribution in [0.2, 0.25) is 0 Å². The van der Waals surface area contributed by atoms with Gasteiger partial charge in [-0.25, -0.2) is 13.2 Å². The van der Waals surface area contributed by atoms with E-state index < -0.39 is 41.3 Å². The third kappa shape index (κ3) is 2.76. The Morgan fingerprint density at radius 1 is 1.15 bits per heavy atom. The molecule has 1 fully saturated rings. The standard InChI is InChI=1S/C13H12F3NO3/c14-8-4-6(5-9(15)11(8)16)12(18)17-10-3-1-2-7(10)13(19)20/h4-5,7,10H,1-3H2,(H,17,18)(H,19,20). The Hall–Kier alpha value is -2.05. The van der Waals surface area contributed by atoms with Gasteiger partial charge in [0.15, 0.2) is 17.5 Å². The van der Waals surface area contributed by atoms with Gasteiger partial charge in [-0.1, -0.05) is 6.42 Å². The molecule has 2 unspecified atom stereocenters. The summed E-state index contributed by atoms with van der Waals surface area (Å²) in [5.74, 6) is -7.13. The van der Waals surface area contributed by atoms with Crippen molar-refractivity contribution in [1.29, 1.82) is 0 Å². The van der Waals surface area contributed by atoms with Crippen molar-refractivity contribution in [2.45, 2.75) is 25.3 Å². The summed E-state index contributed by atoms with van der Waals surface area (Å²) in [6, 6.07) is 0.577. The van der Waals surface area contributed by atoms with Crippen molar-refractivity contribution in [3.8, 4) is 0 Å². The molecule has 2 atom stereocenters. The van der Waals surface area contributed by atoms with E-state index in [1.165, 1.54) is 0 Å². The summed E-state index contributed by atoms with van der Waals surface area (Å²) in [6.45, 7) is 0. The molecule has 0 bridgehead atoms. The number of rotatable bonds is 3. The van der Waals surface area contributed by atoms with E-state index in [1.807, 2.05) is 0 Å². The van der Waals surface area contributed by atoms with E-state index in [4.69, 9.17) is 5.11 Å². The van der Waals surface area contributed by atoms with Gasteiger partial charge in [0.2, 0.25) is 0 Å². The molecule has 0 aromatic heterocycles. The summed E-state index contributed by atoms with van der Waals surface area (Å²) in [5.41, 5.74) is -0.377. The van der Waals surface area contributed by atoms with Crippen LogP contribution in [0.5, 0.6) is 0 Å². The highest BCUT2D eigenvalue weighted by Crippen LogP contribution is 2.26. The second-order valence-corrected chi connectivity index (χ2v) is 4.71. The van der Waals surface area contributed by atoms with Gasteiger partial charge < -0.3 is 10.4 Å². The Bertz CT molecular complexity index is 539. The molecule has 0 saturated heterocycles. The van der Waals surface area contributed by atoms with Crippen LogP contribution in [0, 0.1) is 23.4 Å². The second-order valence-electron chi connectivity index (χ2n) is 4.71. The van der Waals surface area contributed by atoms with Crippen LogP contribution in [-0.4, -0.2) is 23.0 Å². The highest BCUT2D eigenvalue weighted by Gasteiger charge is 2.34. The molecule has 0 heterocycles. The van der Waals surface area contributed by atoms with Crippen molar-refractivity contribution in [3.63, 3.8) is 0 Å². The second kappa shape index (κ2) is 5.52. The minimum absolute atomic E-state index is 0.377. The first-order valence-corrected chi connectivity index (χ1v) is 6.08. The number of aliphatic carboxylic acids is 1. The van der Waals surface area contributed by atoms with Crippen LogP contribution >= 0.6 is 0 Å². The zero-order valence-electron chi connectivity index (χ0n) is 10.3. The molecule has 0 aliphatic heterocycles. The molecule has 108 valence electrons.